The second kappa shape index (κ2) is 10.3. The summed E-state index contributed by atoms with van der Waals surface area (Å²) in [5, 5.41) is 0. The molecule has 25 heavy (non-hydrogen) atoms. The van der Waals surface area contributed by atoms with Crippen molar-refractivity contribution < 1.29 is 9.47 Å². The molecule has 0 radical (unpaired) electrons. The van der Waals surface area contributed by atoms with Crippen LogP contribution < -0.4 is 0 Å². The monoisotopic (exact) mass is 352 g/mol. The van der Waals surface area contributed by atoms with E-state index in [-0.39, 0.29) is 0 Å². The summed E-state index contributed by atoms with van der Waals surface area (Å²) in [5.41, 5.74) is 0. The maximum Gasteiger partial charge on any atom is 0.0872 e. The summed E-state index contributed by atoms with van der Waals surface area (Å²) in [4.78, 5) is 0. The Bertz CT molecular complexity index is 333. The lowest BCUT2D eigenvalue weighted by molar-refractivity contribution is 0.264. The molecule has 6 unspecified atom stereocenters. The van der Waals surface area contributed by atoms with Crippen molar-refractivity contribution in [2.24, 2.45) is 23.7 Å². The van der Waals surface area contributed by atoms with Crippen LogP contribution in [0.15, 0.2) is 0 Å². The molecule has 5 fully saturated rings. The number of fused-ring (bicyclic) bond motifs is 6. The summed E-state index contributed by atoms with van der Waals surface area (Å²) >= 11 is 0. The van der Waals surface area contributed by atoms with Crippen molar-refractivity contribution in [1.29, 1.82) is 0 Å². The molecule has 0 aromatic carbocycles. The van der Waals surface area contributed by atoms with Crippen LogP contribution in [-0.2, 0) is 9.47 Å². The van der Waals surface area contributed by atoms with Crippen molar-refractivity contribution in [1.82, 2.24) is 0 Å². The minimum Gasteiger partial charge on any atom is -0.370 e. The molecule has 2 bridgehead atoms. The van der Waals surface area contributed by atoms with Gasteiger partial charge in [0.2, 0.25) is 0 Å². The molecule has 5 rings (SSSR count). The fourth-order valence-corrected chi connectivity index (χ4v) is 3.92. The average Bonchev–Trinajstić information content (AvgIpc) is 3.52. The maximum atomic E-state index is 5.44. The standard InChI is InChI=1S/C7H10O.C6H10O.2C5H12/c1-2-5-3-4(1)6-7(5)8-6;1-2-4-6-5(3-1)7-6;2*1-4-5(2)3/h4-7H,1-3H2;5-6H,1-4H2;2*5H,4H2,1-3H3. The molecule has 0 N–H and O–H groups in total. The molecule has 0 aromatic heterocycles. The SMILES string of the molecule is C1CC2CC1C1OC21.C1CCC2OC2C1.CCC(C)C.CCC(C)C. The summed E-state index contributed by atoms with van der Waals surface area (Å²) in [6, 6.07) is 0. The van der Waals surface area contributed by atoms with Crippen molar-refractivity contribution >= 4 is 0 Å². The van der Waals surface area contributed by atoms with Gasteiger partial charge in [0.25, 0.3) is 0 Å². The molecule has 0 spiro atoms. The third-order valence-corrected chi connectivity index (χ3v) is 6.55. The number of hydrogen-bond donors (Lipinski definition) is 0. The third-order valence-electron chi connectivity index (χ3n) is 6.55. The van der Waals surface area contributed by atoms with Crippen molar-refractivity contribution in [3.05, 3.63) is 0 Å². The fraction of sp³-hybridized carbons (Fsp3) is 1.00. The molecule has 6 atom stereocenters. The second-order valence-electron chi connectivity index (χ2n) is 9.50. The van der Waals surface area contributed by atoms with Crippen LogP contribution in [0.3, 0.4) is 0 Å². The summed E-state index contributed by atoms with van der Waals surface area (Å²) in [6.07, 6.45) is 15.4. The molecule has 3 aliphatic carbocycles. The van der Waals surface area contributed by atoms with E-state index in [1.54, 1.807) is 0 Å². The van der Waals surface area contributed by atoms with Crippen LogP contribution >= 0.6 is 0 Å². The molecule has 148 valence electrons. The van der Waals surface area contributed by atoms with Crippen molar-refractivity contribution in [3.8, 4) is 0 Å². The first-order chi connectivity index (χ1) is 12.0. The average molecular weight is 353 g/mol. The molecule has 3 saturated carbocycles. The summed E-state index contributed by atoms with van der Waals surface area (Å²) in [6.45, 7) is 13.3. The molecule has 2 saturated heterocycles. The molecule has 2 aliphatic heterocycles. The van der Waals surface area contributed by atoms with E-state index < -0.39 is 0 Å². The quantitative estimate of drug-likeness (QED) is 0.522. The van der Waals surface area contributed by atoms with Gasteiger partial charge in [-0.2, -0.15) is 0 Å². The Morgan fingerprint density at radius 2 is 1.08 bits per heavy atom. The predicted molar refractivity (Wildman–Crippen MR) is 107 cm³/mol. The van der Waals surface area contributed by atoms with E-state index in [4.69, 9.17) is 9.47 Å². The number of rotatable bonds is 2. The normalized spacial score (nSPS) is 38.4. The van der Waals surface area contributed by atoms with E-state index in [9.17, 15) is 0 Å². The first-order valence-electron chi connectivity index (χ1n) is 11.3. The maximum absolute atomic E-state index is 5.44. The highest BCUT2D eigenvalue weighted by molar-refractivity contribution is 5.07. The van der Waals surface area contributed by atoms with Crippen LogP contribution in [-0.4, -0.2) is 24.4 Å². The minimum absolute atomic E-state index is 0.703. The zero-order valence-electron chi connectivity index (χ0n) is 17.8. The first kappa shape index (κ1) is 21.2. The molecular weight excluding hydrogens is 308 g/mol. The predicted octanol–water partition coefficient (Wildman–Crippen LogP) is 6.62. The second-order valence-corrected chi connectivity index (χ2v) is 9.50. The van der Waals surface area contributed by atoms with Crippen LogP contribution in [0, 0.1) is 23.7 Å². The fourth-order valence-electron chi connectivity index (χ4n) is 3.92. The van der Waals surface area contributed by atoms with E-state index >= 15 is 0 Å². The van der Waals surface area contributed by atoms with E-state index in [1.165, 1.54) is 57.8 Å². The van der Waals surface area contributed by atoms with E-state index in [0.29, 0.717) is 12.2 Å². The van der Waals surface area contributed by atoms with Gasteiger partial charge in [-0.05, 0) is 55.8 Å². The van der Waals surface area contributed by atoms with Crippen LogP contribution in [0.1, 0.15) is 99.3 Å². The number of epoxide rings is 2. The molecule has 2 heteroatoms. The van der Waals surface area contributed by atoms with Gasteiger partial charge in [0, 0.05) is 0 Å². The minimum atomic E-state index is 0.703. The largest absolute Gasteiger partial charge is 0.370 e. The van der Waals surface area contributed by atoms with Gasteiger partial charge in [0.05, 0.1) is 24.4 Å². The van der Waals surface area contributed by atoms with Gasteiger partial charge in [-0.3, -0.25) is 0 Å². The zero-order chi connectivity index (χ0) is 18.4. The Morgan fingerprint density at radius 3 is 1.32 bits per heavy atom. The highest BCUT2D eigenvalue weighted by atomic mass is 16.6. The molecule has 2 heterocycles. The Kier molecular flexibility index (Phi) is 8.75. The Morgan fingerprint density at radius 1 is 0.680 bits per heavy atom. The van der Waals surface area contributed by atoms with Gasteiger partial charge in [-0.15, -0.1) is 0 Å². The van der Waals surface area contributed by atoms with Crippen molar-refractivity contribution in [3.63, 3.8) is 0 Å². The molecular formula is C23H44O2. The van der Waals surface area contributed by atoms with Gasteiger partial charge in [-0.25, -0.2) is 0 Å². The smallest absolute Gasteiger partial charge is 0.0872 e. The Balaban J connectivity index is 0.000000124. The first-order valence-corrected chi connectivity index (χ1v) is 11.3. The van der Waals surface area contributed by atoms with Gasteiger partial charge >= 0.3 is 0 Å². The van der Waals surface area contributed by atoms with Crippen LogP contribution in [0.5, 0.6) is 0 Å². The lowest BCUT2D eigenvalue weighted by atomic mass is 10.0. The molecule has 5 aliphatic rings. The Hall–Kier alpha value is -0.0800. The summed E-state index contributed by atoms with van der Waals surface area (Å²) in [5.74, 6) is 3.75. The van der Waals surface area contributed by atoms with E-state index in [2.05, 4.69) is 41.5 Å². The number of hydrogen-bond acceptors (Lipinski definition) is 2. The molecule has 0 amide bonds. The summed E-state index contributed by atoms with van der Waals surface area (Å²) < 4.78 is 10.7. The third kappa shape index (κ3) is 7.21. The van der Waals surface area contributed by atoms with E-state index in [1.807, 2.05) is 0 Å². The highest BCUT2D eigenvalue weighted by Gasteiger charge is 2.59. The van der Waals surface area contributed by atoms with Gasteiger partial charge < -0.3 is 9.47 Å². The lowest BCUT2D eigenvalue weighted by Crippen LogP contribution is -2.04. The van der Waals surface area contributed by atoms with Gasteiger partial charge in [0.1, 0.15) is 0 Å². The Labute approximate surface area is 157 Å². The number of ether oxygens (including phenoxy) is 2. The lowest BCUT2D eigenvalue weighted by Gasteiger charge is -2.00. The van der Waals surface area contributed by atoms with Crippen molar-refractivity contribution in [2.75, 3.05) is 0 Å². The summed E-state index contributed by atoms with van der Waals surface area (Å²) in [7, 11) is 0. The van der Waals surface area contributed by atoms with Gasteiger partial charge in [0.15, 0.2) is 0 Å². The van der Waals surface area contributed by atoms with Crippen molar-refractivity contribution in [2.45, 2.75) is 124 Å². The van der Waals surface area contributed by atoms with Crippen LogP contribution in [0.2, 0.25) is 0 Å². The molecule has 0 aromatic rings. The zero-order valence-corrected chi connectivity index (χ0v) is 17.8. The van der Waals surface area contributed by atoms with Gasteiger partial charge in [-0.1, -0.05) is 67.2 Å². The van der Waals surface area contributed by atoms with E-state index in [0.717, 1.165) is 35.9 Å². The highest BCUT2D eigenvalue weighted by Crippen LogP contribution is 2.56. The van der Waals surface area contributed by atoms with Crippen LogP contribution in [0.25, 0.3) is 0 Å². The van der Waals surface area contributed by atoms with Crippen LogP contribution in [0.4, 0.5) is 0 Å². The molecule has 2 nitrogen and oxygen atoms in total. The topological polar surface area (TPSA) is 25.1 Å².